The van der Waals surface area contributed by atoms with E-state index in [0.717, 1.165) is 22.6 Å². The van der Waals surface area contributed by atoms with Gasteiger partial charge in [-0.3, -0.25) is 5.43 Å². The molecule has 0 spiro atoms. The zero-order valence-electron chi connectivity index (χ0n) is 14.4. The first-order valence-corrected chi connectivity index (χ1v) is 9.11. The molecule has 0 aliphatic carbocycles. The number of anilines is 1. The van der Waals surface area contributed by atoms with E-state index in [4.69, 9.17) is 28.6 Å². The van der Waals surface area contributed by atoms with Gasteiger partial charge in [0.15, 0.2) is 5.11 Å². The smallest absolute Gasteiger partial charge is 0.191 e. The van der Waals surface area contributed by atoms with Crippen molar-refractivity contribution in [2.24, 2.45) is 5.10 Å². The predicted octanol–water partition coefficient (Wildman–Crippen LogP) is 5.24. The molecule has 3 aromatic carbocycles. The minimum atomic E-state index is 0.425. The summed E-state index contributed by atoms with van der Waals surface area (Å²) < 4.78 is 5.76. The monoisotopic (exact) mass is 395 g/mol. The molecule has 0 atom stereocenters. The van der Waals surface area contributed by atoms with Crippen LogP contribution in [0.2, 0.25) is 5.02 Å². The molecule has 0 aromatic heterocycles. The number of para-hydroxylation sites is 1. The Kier molecular flexibility index (Phi) is 6.79. The van der Waals surface area contributed by atoms with Crippen LogP contribution in [0.15, 0.2) is 84.0 Å². The second-order valence-corrected chi connectivity index (χ2v) is 6.45. The summed E-state index contributed by atoms with van der Waals surface area (Å²) in [6, 6.07) is 24.9. The van der Waals surface area contributed by atoms with E-state index >= 15 is 0 Å². The fourth-order valence-electron chi connectivity index (χ4n) is 2.27. The summed E-state index contributed by atoms with van der Waals surface area (Å²) in [6.45, 7) is 0.425. The zero-order valence-corrected chi connectivity index (χ0v) is 16.0. The van der Waals surface area contributed by atoms with Crippen LogP contribution >= 0.6 is 23.8 Å². The van der Waals surface area contributed by atoms with Gasteiger partial charge in [-0.15, -0.1) is 0 Å². The fraction of sp³-hybridized carbons (Fsp3) is 0.0476. The van der Waals surface area contributed by atoms with Crippen LogP contribution in [0.5, 0.6) is 5.75 Å². The number of thiocarbonyl (C=S) groups is 1. The lowest BCUT2D eigenvalue weighted by atomic mass is 10.2. The third kappa shape index (κ3) is 6.09. The third-order valence-electron chi connectivity index (χ3n) is 3.64. The lowest BCUT2D eigenvalue weighted by Gasteiger charge is -2.08. The Bertz CT molecular complexity index is 914. The van der Waals surface area contributed by atoms with Crippen molar-refractivity contribution >= 4 is 40.8 Å². The maximum absolute atomic E-state index is 6.13. The molecule has 0 saturated heterocycles. The van der Waals surface area contributed by atoms with Crippen molar-refractivity contribution in [3.63, 3.8) is 0 Å². The number of benzene rings is 3. The molecule has 2 N–H and O–H groups in total. The van der Waals surface area contributed by atoms with Crippen molar-refractivity contribution in [1.82, 2.24) is 5.43 Å². The molecule has 136 valence electrons. The SMILES string of the molecule is S=C(N/N=C/c1ccc(OCc2ccccc2Cl)cc1)Nc1ccccc1. The first-order chi connectivity index (χ1) is 13.2. The van der Waals surface area contributed by atoms with Gasteiger partial charge in [0.1, 0.15) is 12.4 Å². The molecule has 0 unspecified atom stereocenters. The Labute approximate surface area is 168 Å². The van der Waals surface area contributed by atoms with E-state index in [1.54, 1.807) is 6.21 Å². The van der Waals surface area contributed by atoms with E-state index < -0.39 is 0 Å². The quantitative estimate of drug-likeness (QED) is 0.340. The maximum atomic E-state index is 6.13. The highest BCUT2D eigenvalue weighted by atomic mass is 35.5. The topological polar surface area (TPSA) is 45.7 Å². The molecular formula is C21H18ClN3OS. The van der Waals surface area contributed by atoms with Gasteiger partial charge in [0.25, 0.3) is 0 Å². The van der Waals surface area contributed by atoms with Crippen molar-refractivity contribution < 1.29 is 4.74 Å². The molecule has 6 heteroatoms. The number of nitrogens with zero attached hydrogens (tertiary/aromatic N) is 1. The summed E-state index contributed by atoms with van der Waals surface area (Å²) in [5.41, 5.74) is 5.58. The second kappa shape index (κ2) is 9.71. The molecule has 0 aliphatic rings. The van der Waals surface area contributed by atoms with Crippen LogP contribution in [-0.2, 0) is 6.61 Å². The molecule has 27 heavy (non-hydrogen) atoms. The van der Waals surface area contributed by atoms with Gasteiger partial charge in [-0.25, -0.2) is 0 Å². The van der Waals surface area contributed by atoms with Crippen molar-refractivity contribution in [2.45, 2.75) is 6.61 Å². The molecule has 0 saturated carbocycles. The molecule has 4 nitrogen and oxygen atoms in total. The summed E-state index contributed by atoms with van der Waals surface area (Å²) in [7, 11) is 0. The van der Waals surface area contributed by atoms with Crippen LogP contribution in [0.3, 0.4) is 0 Å². The van der Waals surface area contributed by atoms with Gasteiger partial charge in [0, 0.05) is 16.3 Å². The number of hydrogen-bond donors (Lipinski definition) is 2. The summed E-state index contributed by atoms with van der Waals surface area (Å²) in [6.07, 6.45) is 1.69. The number of nitrogens with one attached hydrogen (secondary N) is 2. The van der Waals surface area contributed by atoms with E-state index in [-0.39, 0.29) is 0 Å². The van der Waals surface area contributed by atoms with Crippen LogP contribution in [0.1, 0.15) is 11.1 Å². The lowest BCUT2D eigenvalue weighted by Crippen LogP contribution is -2.23. The highest BCUT2D eigenvalue weighted by Gasteiger charge is 2.00. The Morgan fingerprint density at radius 2 is 1.67 bits per heavy atom. The molecule has 0 aliphatic heterocycles. The molecular weight excluding hydrogens is 378 g/mol. The molecule has 3 aromatic rings. The number of rotatable bonds is 6. The van der Waals surface area contributed by atoms with E-state index in [1.165, 1.54) is 0 Å². The second-order valence-electron chi connectivity index (χ2n) is 5.64. The van der Waals surface area contributed by atoms with Crippen LogP contribution < -0.4 is 15.5 Å². The molecule has 0 radical (unpaired) electrons. The summed E-state index contributed by atoms with van der Waals surface area (Å²) >= 11 is 11.3. The predicted molar refractivity (Wildman–Crippen MR) is 116 cm³/mol. The normalized spacial score (nSPS) is 10.6. The number of halogens is 1. The van der Waals surface area contributed by atoms with Crippen LogP contribution in [0.25, 0.3) is 0 Å². The summed E-state index contributed by atoms with van der Waals surface area (Å²) in [5.74, 6) is 0.765. The first kappa shape index (κ1) is 18.9. The Morgan fingerprint density at radius 1 is 0.963 bits per heavy atom. The largest absolute Gasteiger partial charge is 0.489 e. The first-order valence-electron chi connectivity index (χ1n) is 8.32. The van der Waals surface area contributed by atoms with E-state index in [0.29, 0.717) is 16.7 Å². The summed E-state index contributed by atoms with van der Waals surface area (Å²) in [5, 5.41) is 8.31. The minimum Gasteiger partial charge on any atom is -0.489 e. The minimum absolute atomic E-state index is 0.425. The van der Waals surface area contributed by atoms with Crippen LogP contribution in [0, 0.1) is 0 Å². The van der Waals surface area contributed by atoms with Gasteiger partial charge in [-0.2, -0.15) is 5.10 Å². The van der Waals surface area contributed by atoms with Gasteiger partial charge >= 0.3 is 0 Å². The van der Waals surface area contributed by atoms with Gasteiger partial charge in [0.2, 0.25) is 0 Å². The Morgan fingerprint density at radius 3 is 2.41 bits per heavy atom. The van der Waals surface area contributed by atoms with E-state index in [9.17, 15) is 0 Å². The highest BCUT2D eigenvalue weighted by Crippen LogP contribution is 2.18. The lowest BCUT2D eigenvalue weighted by molar-refractivity contribution is 0.306. The number of ether oxygens (including phenoxy) is 1. The highest BCUT2D eigenvalue weighted by molar-refractivity contribution is 7.80. The van der Waals surface area contributed by atoms with Crippen molar-refractivity contribution in [3.8, 4) is 5.75 Å². The molecule has 0 fully saturated rings. The van der Waals surface area contributed by atoms with Crippen molar-refractivity contribution in [3.05, 3.63) is 95.0 Å². The average molecular weight is 396 g/mol. The van der Waals surface area contributed by atoms with Gasteiger partial charge < -0.3 is 10.1 Å². The van der Waals surface area contributed by atoms with Crippen molar-refractivity contribution in [1.29, 1.82) is 0 Å². The zero-order chi connectivity index (χ0) is 18.9. The molecule has 0 heterocycles. The van der Waals surface area contributed by atoms with Gasteiger partial charge in [0.05, 0.1) is 6.21 Å². The average Bonchev–Trinajstić information content (AvgIpc) is 2.69. The Balaban J connectivity index is 1.48. The van der Waals surface area contributed by atoms with Crippen LogP contribution in [0.4, 0.5) is 5.69 Å². The van der Waals surface area contributed by atoms with E-state index in [2.05, 4.69) is 15.8 Å². The van der Waals surface area contributed by atoms with Gasteiger partial charge in [-0.05, 0) is 60.2 Å². The number of hydrogen-bond acceptors (Lipinski definition) is 3. The van der Waals surface area contributed by atoms with Crippen molar-refractivity contribution in [2.75, 3.05) is 5.32 Å². The molecule has 0 bridgehead atoms. The standard InChI is InChI=1S/C21H18ClN3OS/c22-20-9-5-4-6-17(20)15-26-19-12-10-16(11-13-19)14-23-25-21(27)24-18-7-2-1-3-8-18/h1-14H,15H2,(H2,24,25,27)/b23-14+. The molecule has 0 amide bonds. The maximum Gasteiger partial charge on any atom is 0.191 e. The number of hydrazone groups is 1. The fourth-order valence-corrected chi connectivity index (χ4v) is 2.63. The van der Waals surface area contributed by atoms with E-state index in [1.807, 2.05) is 78.9 Å². The van der Waals surface area contributed by atoms with Gasteiger partial charge in [-0.1, -0.05) is 48.0 Å². The van der Waals surface area contributed by atoms with Crippen LogP contribution in [-0.4, -0.2) is 11.3 Å². The molecule has 3 rings (SSSR count). The summed E-state index contributed by atoms with van der Waals surface area (Å²) in [4.78, 5) is 0. The Hall–Kier alpha value is -2.89. The third-order valence-corrected chi connectivity index (χ3v) is 4.21.